The Morgan fingerprint density at radius 1 is 1.14 bits per heavy atom. The van der Waals surface area contributed by atoms with Crippen molar-refractivity contribution in [2.24, 2.45) is 5.92 Å². The lowest BCUT2D eigenvalue weighted by molar-refractivity contribution is 0.0194. The summed E-state index contributed by atoms with van der Waals surface area (Å²) in [6.45, 7) is 4.42. The molecule has 3 rings (SSSR count). The largest absolute Gasteiger partial charge is 0.505 e. The monoisotopic (exact) mass is 312 g/mol. The van der Waals surface area contributed by atoms with Gasteiger partial charge in [0.25, 0.3) is 0 Å². The smallest absolute Gasteiger partial charge is 0.165 e. The Labute approximate surface area is 129 Å². The van der Waals surface area contributed by atoms with Crippen LogP contribution in [0.5, 0.6) is 5.75 Å². The van der Waals surface area contributed by atoms with Crippen LogP contribution in [0.25, 0.3) is 0 Å². The van der Waals surface area contributed by atoms with Gasteiger partial charge in [-0.05, 0) is 30.9 Å². The van der Waals surface area contributed by atoms with E-state index in [0.29, 0.717) is 13.2 Å². The molecule has 0 bridgehead atoms. The number of phenolic OH excluding ortho intramolecular Hbond substituents is 1. The highest BCUT2D eigenvalue weighted by atomic mass is 19.1. The number of benzene rings is 1. The molecule has 0 amide bonds. The number of piperazine rings is 1. The normalized spacial score (nSPS) is 22.6. The van der Waals surface area contributed by atoms with Gasteiger partial charge in [0.1, 0.15) is 5.82 Å². The molecule has 122 valence electrons. The van der Waals surface area contributed by atoms with Crippen molar-refractivity contribution in [3.63, 3.8) is 0 Å². The Balaban J connectivity index is 1.98. The van der Waals surface area contributed by atoms with E-state index in [1.807, 2.05) is 0 Å². The minimum absolute atomic E-state index is 0.105. The van der Waals surface area contributed by atoms with Crippen molar-refractivity contribution in [1.29, 1.82) is 0 Å². The minimum atomic E-state index is -0.761. The predicted molar refractivity (Wildman–Crippen MR) is 78.7 cm³/mol. The third-order valence-corrected chi connectivity index (χ3v) is 4.67. The van der Waals surface area contributed by atoms with Crippen LogP contribution in [0.4, 0.5) is 8.78 Å². The fraction of sp³-hybridized carbons (Fsp3) is 0.625. The van der Waals surface area contributed by atoms with E-state index in [1.165, 1.54) is 0 Å². The third-order valence-electron chi connectivity index (χ3n) is 4.67. The topological polar surface area (TPSA) is 44.7 Å². The zero-order chi connectivity index (χ0) is 15.5. The number of hydrogen-bond donors (Lipinski definition) is 2. The Morgan fingerprint density at radius 3 is 2.45 bits per heavy atom. The molecule has 2 aliphatic rings. The van der Waals surface area contributed by atoms with Crippen LogP contribution in [0.3, 0.4) is 0 Å². The average Bonchev–Trinajstić information content (AvgIpc) is 2.57. The first kappa shape index (κ1) is 15.6. The summed E-state index contributed by atoms with van der Waals surface area (Å²) in [6.07, 6.45) is 1.59. The molecular formula is C16H22F2N2O2. The average molecular weight is 312 g/mol. The molecule has 1 aromatic rings. The van der Waals surface area contributed by atoms with Gasteiger partial charge in [-0.25, -0.2) is 8.78 Å². The van der Waals surface area contributed by atoms with Crippen molar-refractivity contribution < 1.29 is 18.6 Å². The second kappa shape index (κ2) is 6.89. The lowest BCUT2D eigenvalue weighted by Crippen LogP contribution is -2.47. The van der Waals surface area contributed by atoms with Crippen molar-refractivity contribution in [2.75, 3.05) is 39.4 Å². The summed E-state index contributed by atoms with van der Waals surface area (Å²) >= 11 is 0. The van der Waals surface area contributed by atoms with Crippen molar-refractivity contribution in [3.8, 4) is 5.75 Å². The SMILES string of the molecule is Oc1c(F)ccc(F)c1[C@H](C1CCOCC1)N1CCNCC1. The van der Waals surface area contributed by atoms with Gasteiger partial charge < -0.3 is 15.2 Å². The van der Waals surface area contributed by atoms with Gasteiger partial charge in [-0.15, -0.1) is 0 Å². The van der Waals surface area contributed by atoms with Gasteiger partial charge in [0, 0.05) is 45.4 Å². The van der Waals surface area contributed by atoms with Gasteiger partial charge in [0.15, 0.2) is 11.6 Å². The maximum absolute atomic E-state index is 14.4. The van der Waals surface area contributed by atoms with Gasteiger partial charge >= 0.3 is 0 Å². The lowest BCUT2D eigenvalue weighted by atomic mass is 9.84. The molecule has 2 aliphatic heterocycles. The molecule has 22 heavy (non-hydrogen) atoms. The van der Waals surface area contributed by atoms with Crippen LogP contribution in [0.15, 0.2) is 12.1 Å². The summed E-state index contributed by atoms with van der Waals surface area (Å²) in [5.74, 6) is -1.68. The molecule has 0 aliphatic carbocycles. The van der Waals surface area contributed by atoms with E-state index < -0.39 is 17.4 Å². The van der Waals surface area contributed by atoms with Gasteiger partial charge in [-0.3, -0.25) is 4.90 Å². The summed E-state index contributed by atoms with van der Waals surface area (Å²) in [7, 11) is 0. The molecule has 0 aromatic heterocycles. The molecule has 2 saturated heterocycles. The van der Waals surface area contributed by atoms with Crippen LogP contribution < -0.4 is 5.32 Å². The lowest BCUT2D eigenvalue weighted by Gasteiger charge is -2.41. The van der Waals surface area contributed by atoms with Gasteiger partial charge in [-0.1, -0.05) is 0 Å². The standard InChI is InChI=1S/C16H22F2N2O2/c17-12-1-2-13(18)16(21)14(12)15(11-3-9-22-10-4-11)20-7-5-19-6-8-20/h1-2,11,15,19,21H,3-10H2/t15-/m0/s1. The summed E-state index contributed by atoms with van der Waals surface area (Å²) in [4.78, 5) is 2.16. The number of halogens is 2. The summed E-state index contributed by atoms with van der Waals surface area (Å²) in [6, 6.07) is 1.79. The Hall–Kier alpha value is -1.24. The van der Waals surface area contributed by atoms with E-state index in [-0.39, 0.29) is 17.5 Å². The summed E-state index contributed by atoms with van der Waals surface area (Å²) in [5, 5.41) is 13.4. The zero-order valence-corrected chi connectivity index (χ0v) is 12.5. The zero-order valence-electron chi connectivity index (χ0n) is 12.5. The van der Waals surface area contributed by atoms with E-state index in [0.717, 1.165) is 51.2 Å². The molecule has 0 unspecified atom stereocenters. The Morgan fingerprint density at radius 2 is 1.77 bits per heavy atom. The second-order valence-corrected chi connectivity index (χ2v) is 5.97. The van der Waals surface area contributed by atoms with Gasteiger partial charge in [-0.2, -0.15) is 0 Å². The number of nitrogens with one attached hydrogen (secondary N) is 1. The van der Waals surface area contributed by atoms with Crippen LogP contribution in [0, 0.1) is 17.6 Å². The molecule has 1 aromatic carbocycles. The van der Waals surface area contributed by atoms with Crippen molar-refractivity contribution in [1.82, 2.24) is 10.2 Å². The van der Waals surface area contributed by atoms with Crippen molar-refractivity contribution in [3.05, 3.63) is 29.3 Å². The maximum atomic E-state index is 14.4. The van der Waals surface area contributed by atoms with E-state index in [9.17, 15) is 13.9 Å². The second-order valence-electron chi connectivity index (χ2n) is 5.97. The molecule has 6 heteroatoms. The number of rotatable bonds is 3. The number of aromatic hydroxyl groups is 1. The molecule has 2 fully saturated rings. The highest BCUT2D eigenvalue weighted by Crippen LogP contribution is 2.41. The number of phenols is 1. The molecule has 2 N–H and O–H groups in total. The highest BCUT2D eigenvalue weighted by molar-refractivity contribution is 5.38. The molecule has 0 spiro atoms. The van der Waals surface area contributed by atoms with Crippen LogP contribution >= 0.6 is 0 Å². The Kier molecular flexibility index (Phi) is 4.90. The summed E-state index contributed by atoms with van der Waals surface area (Å²) < 4.78 is 33.6. The van der Waals surface area contributed by atoms with E-state index in [4.69, 9.17) is 4.74 Å². The number of nitrogens with zero attached hydrogens (tertiary/aromatic N) is 1. The molecular weight excluding hydrogens is 290 g/mol. The van der Waals surface area contributed by atoms with Crippen molar-refractivity contribution >= 4 is 0 Å². The first-order valence-electron chi connectivity index (χ1n) is 7.88. The first-order valence-corrected chi connectivity index (χ1v) is 7.88. The fourth-order valence-electron chi connectivity index (χ4n) is 3.55. The first-order chi connectivity index (χ1) is 10.7. The molecule has 2 heterocycles. The maximum Gasteiger partial charge on any atom is 0.165 e. The van der Waals surface area contributed by atoms with E-state index >= 15 is 0 Å². The van der Waals surface area contributed by atoms with Crippen LogP contribution in [-0.4, -0.2) is 49.4 Å². The van der Waals surface area contributed by atoms with E-state index in [2.05, 4.69) is 10.2 Å². The molecule has 4 nitrogen and oxygen atoms in total. The third kappa shape index (κ3) is 3.09. The highest BCUT2D eigenvalue weighted by Gasteiger charge is 2.35. The molecule has 1 atom stereocenters. The number of hydrogen-bond acceptors (Lipinski definition) is 4. The minimum Gasteiger partial charge on any atom is -0.505 e. The predicted octanol–water partition coefficient (Wildman–Crippen LogP) is 2.04. The van der Waals surface area contributed by atoms with Gasteiger partial charge in [0.05, 0.1) is 5.56 Å². The molecule has 0 radical (unpaired) electrons. The quantitative estimate of drug-likeness (QED) is 0.896. The molecule has 0 saturated carbocycles. The van der Waals surface area contributed by atoms with Crippen LogP contribution in [0.1, 0.15) is 24.4 Å². The number of ether oxygens (including phenoxy) is 1. The van der Waals surface area contributed by atoms with Crippen LogP contribution in [0.2, 0.25) is 0 Å². The van der Waals surface area contributed by atoms with E-state index in [1.54, 1.807) is 0 Å². The van der Waals surface area contributed by atoms with Gasteiger partial charge in [0.2, 0.25) is 0 Å². The fourth-order valence-corrected chi connectivity index (χ4v) is 3.55. The Bertz CT molecular complexity index is 497. The van der Waals surface area contributed by atoms with Crippen LogP contribution in [-0.2, 0) is 4.74 Å². The summed E-state index contributed by atoms with van der Waals surface area (Å²) in [5.41, 5.74) is 0.105. The van der Waals surface area contributed by atoms with Crippen molar-refractivity contribution in [2.45, 2.75) is 18.9 Å².